The lowest BCUT2D eigenvalue weighted by Gasteiger charge is -2.40. The van der Waals surface area contributed by atoms with Crippen LogP contribution in [0.2, 0.25) is 0 Å². The van der Waals surface area contributed by atoms with Crippen molar-refractivity contribution in [3.63, 3.8) is 0 Å². The smallest absolute Gasteiger partial charge is 0.321 e. The molecule has 3 amide bonds. The fourth-order valence-electron chi connectivity index (χ4n) is 3.47. The van der Waals surface area contributed by atoms with Crippen LogP contribution in [0, 0.1) is 12.8 Å². The Kier molecular flexibility index (Phi) is 6.42. The number of piperidine rings is 1. The van der Waals surface area contributed by atoms with E-state index in [0.29, 0.717) is 11.6 Å². The molecule has 0 saturated carbocycles. The van der Waals surface area contributed by atoms with Crippen molar-refractivity contribution in [1.82, 2.24) is 9.80 Å². The Bertz CT molecular complexity index is 632. The number of hydrogen-bond donors (Lipinski definition) is 2. The van der Waals surface area contributed by atoms with Crippen LogP contribution in [0.4, 0.5) is 16.2 Å². The molecule has 0 aliphatic carbocycles. The summed E-state index contributed by atoms with van der Waals surface area (Å²) in [5.74, 6) is 0.317. The molecule has 0 spiro atoms. The summed E-state index contributed by atoms with van der Waals surface area (Å²) in [6.45, 7) is 10.9. The molecule has 1 fully saturated rings. The zero-order chi connectivity index (χ0) is 18.6. The van der Waals surface area contributed by atoms with Crippen molar-refractivity contribution in [2.24, 2.45) is 5.92 Å². The minimum Gasteiger partial charge on any atom is -0.326 e. The molecule has 1 aliphatic heterocycles. The molecule has 1 saturated heterocycles. The van der Waals surface area contributed by atoms with Crippen LogP contribution < -0.4 is 10.6 Å². The van der Waals surface area contributed by atoms with Gasteiger partial charge < -0.3 is 20.4 Å². The van der Waals surface area contributed by atoms with Crippen LogP contribution in [0.5, 0.6) is 0 Å². The molecule has 1 aliphatic rings. The lowest BCUT2D eigenvalue weighted by atomic mass is 9.93. The first-order valence-electron chi connectivity index (χ1n) is 8.96. The third-order valence-corrected chi connectivity index (χ3v) is 5.01. The average molecular weight is 346 g/mol. The number of nitrogens with zero attached hydrogens (tertiary/aromatic N) is 2. The van der Waals surface area contributed by atoms with E-state index < -0.39 is 0 Å². The molecule has 1 aromatic rings. The van der Waals surface area contributed by atoms with E-state index in [9.17, 15) is 9.59 Å². The van der Waals surface area contributed by atoms with Gasteiger partial charge in [-0.05, 0) is 43.5 Å². The fourth-order valence-corrected chi connectivity index (χ4v) is 3.47. The van der Waals surface area contributed by atoms with E-state index in [4.69, 9.17) is 0 Å². The average Bonchev–Trinajstić information content (AvgIpc) is 2.56. The molecule has 6 heteroatoms. The maximum absolute atomic E-state index is 12.6. The SMILES string of the molecule is CCN1CC[C@H](N(C)C(=O)Nc2ccc(C)c(NC(C)=O)c2)[C@H](C)C1. The zero-order valence-electron chi connectivity index (χ0n) is 15.9. The van der Waals surface area contributed by atoms with E-state index in [-0.39, 0.29) is 18.0 Å². The quantitative estimate of drug-likeness (QED) is 0.880. The van der Waals surface area contributed by atoms with Gasteiger partial charge in [0.2, 0.25) is 5.91 Å². The molecule has 0 radical (unpaired) electrons. The van der Waals surface area contributed by atoms with Gasteiger partial charge in [0.25, 0.3) is 0 Å². The van der Waals surface area contributed by atoms with Crippen molar-refractivity contribution >= 4 is 23.3 Å². The highest BCUT2D eigenvalue weighted by atomic mass is 16.2. The number of benzene rings is 1. The number of amides is 3. The van der Waals surface area contributed by atoms with Crippen LogP contribution in [0.3, 0.4) is 0 Å². The van der Waals surface area contributed by atoms with Gasteiger partial charge in [-0.3, -0.25) is 4.79 Å². The molecule has 1 aromatic carbocycles. The molecule has 2 rings (SSSR count). The Morgan fingerprint density at radius 3 is 2.64 bits per heavy atom. The summed E-state index contributed by atoms with van der Waals surface area (Å²) in [6, 6.07) is 5.67. The highest BCUT2D eigenvalue weighted by Crippen LogP contribution is 2.23. The molecule has 2 atom stereocenters. The number of urea groups is 1. The Labute approximate surface area is 150 Å². The first kappa shape index (κ1) is 19.2. The van der Waals surface area contributed by atoms with E-state index in [0.717, 1.165) is 37.3 Å². The van der Waals surface area contributed by atoms with E-state index in [1.54, 1.807) is 6.07 Å². The largest absolute Gasteiger partial charge is 0.326 e. The van der Waals surface area contributed by atoms with Gasteiger partial charge in [-0.1, -0.05) is 19.9 Å². The summed E-state index contributed by atoms with van der Waals surface area (Å²) in [6.07, 6.45) is 0.990. The number of carbonyl (C=O) groups is 2. The number of nitrogens with one attached hydrogen (secondary N) is 2. The van der Waals surface area contributed by atoms with Crippen molar-refractivity contribution in [3.05, 3.63) is 23.8 Å². The predicted molar refractivity (Wildman–Crippen MR) is 102 cm³/mol. The summed E-state index contributed by atoms with van der Waals surface area (Å²) in [7, 11) is 1.86. The first-order valence-corrected chi connectivity index (χ1v) is 8.96. The molecule has 6 nitrogen and oxygen atoms in total. The number of rotatable bonds is 4. The standard InChI is InChI=1S/C19H30N4O2/c1-6-23-10-9-18(14(3)12-23)22(5)19(25)21-16-8-7-13(2)17(11-16)20-15(4)24/h7-8,11,14,18H,6,9-10,12H2,1-5H3,(H,20,24)(H,21,25)/t14-,18+/m1/s1. The minimum absolute atomic E-state index is 0.112. The lowest BCUT2D eigenvalue weighted by Crippen LogP contribution is -2.51. The minimum atomic E-state index is -0.125. The second-order valence-corrected chi connectivity index (χ2v) is 6.98. The Hall–Kier alpha value is -2.08. The van der Waals surface area contributed by atoms with Crippen LogP contribution in [0.1, 0.15) is 32.8 Å². The monoisotopic (exact) mass is 346 g/mol. The molecule has 0 aromatic heterocycles. The van der Waals surface area contributed by atoms with E-state index in [2.05, 4.69) is 29.4 Å². The van der Waals surface area contributed by atoms with E-state index in [1.807, 2.05) is 31.0 Å². The number of likely N-dealkylation sites (tertiary alicyclic amines) is 1. The number of hydrogen-bond acceptors (Lipinski definition) is 3. The van der Waals surface area contributed by atoms with Crippen LogP contribution in [0.15, 0.2) is 18.2 Å². The van der Waals surface area contributed by atoms with Gasteiger partial charge >= 0.3 is 6.03 Å². The molecule has 2 N–H and O–H groups in total. The topological polar surface area (TPSA) is 64.7 Å². The highest BCUT2D eigenvalue weighted by Gasteiger charge is 2.30. The summed E-state index contributed by atoms with van der Waals surface area (Å²) in [5, 5.41) is 5.74. The first-order chi connectivity index (χ1) is 11.8. The maximum Gasteiger partial charge on any atom is 0.321 e. The van der Waals surface area contributed by atoms with Gasteiger partial charge in [-0.25, -0.2) is 4.79 Å². The van der Waals surface area contributed by atoms with Gasteiger partial charge in [-0.2, -0.15) is 0 Å². The number of anilines is 2. The van der Waals surface area contributed by atoms with E-state index in [1.165, 1.54) is 6.92 Å². The highest BCUT2D eigenvalue weighted by molar-refractivity contribution is 5.93. The molecule has 0 unspecified atom stereocenters. The Morgan fingerprint density at radius 1 is 1.32 bits per heavy atom. The third kappa shape index (κ3) is 4.95. The van der Waals surface area contributed by atoms with Crippen molar-refractivity contribution in [2.45, 2.75) is 40.2 Å². The van der Waals surface area contributed by atoms with Crippen molar-refractivity contribution < 1.29 is 9.59 Å². The zero-order valence-corrected chi connectivity index (χ0v) is 15.9. The third-order valence-electron chi connectivity index (χ3n) is 5.01. The summed E-state index contributed by atoms with van der Waals surface area (Å²) >= 11 is 0. The molecular weight excluding hydrogens is 316 g/mol. The summed E-state index contributed by atoms with van der Waals surface area (Å²) in [5.41, 5.74) is 2.37. The molecule has 138 valence electrons. The molecule has 25 heavy (non-hydrogen) atoms. The maximum atomic E-state index is 12.6. The second kappa shape index (κ2) is 8.34. The fraction of sp³-hybridized carbons (Fsp3) is 0.579. The second-order valence-electron chi connectivity index (χ2n) is 6.98. The van der Waals surface area contributed by atoms with Crippen molar-refractivity contribution in [3.8, 4) is 0 Å². The lowest BCUT2D eigenvalue weighted by molar-refractivity contribution is -0.114. The Balaban J connectivity index is 2.02. The van der Waals surface area contributed by atoms with Crippen molar-refractivity contribution in [1.29, 1.82) is 0 Å². The van der Waals surface area contributed by atoms with Gasteiger partial charge in [-0.15, -0.1) is 0 Å². The number of carbonyl (C=O) groups excluding carboxylic acids is 2. The summed E-state index contributed by atoms with van der Waals surface area (Å²) < 4.78 is 0. The van der Waals surface area contributed by atoms with Crippen LogP contribution >= 0.6 is 0 Å². The van der Waals surface area contributed by atoms with Gasteiger partial charge in [0.1, 0.15) is 0 Å². The normalized spacial score (nSPS) is 20.8. The van der Waals surface area contributed by atoms with Crippen LogP contribution in [0.25, 0.3) is 0 Å². The van der Waals surface area contributed by atoms with Gasteiger partial charge in [0.15, 0.2) is 0 Å². The van der Waals surface area contributed by atoms with E-state index >= 15 is 0 Å². The Morgan fingerprint density at radius 2 is 2.04 bits per heavy atom. The predicted octanol–water partition coefficient (Wildman–Crippen LogP) is 3.15. The van der Waals surface area contributed by atoms with Crippen LogP contribution in [-0.2, 0) is 4.79 Å². The number of aryl methyl sites for hydroxylation is 1. The van der Waals surface area contributed by atoms with Gasteiger partial charge in [0.05, 0.1) is 0 Å². The van der Waals surface area contributed by atoms with Crippen molar-refractivity contribution in [2.75, 3.05) is 37.3 Å². The molecular formula is C19H30N4O2. The molecule has 0 bridgehead atoms. The van der Waals surface area contributed by atoms with Gasteiger partial charge in [0, 0.05) is 44.5 Å². The van der Waals surface area contributed by atoms with Crippen LogP contribution in [-0.4, -0.2) is 54.5 Å². The summed E-state index contributed by atoms with van der Waals surface area (Å²) in [4.78, 5) is 28.2. The molecule has 1 heterocycles.